The van der Waals surface area contributed by atoms with Crippen LogP contribution in [0.2, 0.25) is 5.02 Å². The van der Waals surface area contributed by atoms with Gasteiger partial charge in [0.15, 0.2) is 11.5 Å². The third-order valence-corrected chi connectivity index (χ3v) is 9.92. The number of ether oxygens (including phenoxy) is 5. The van der Waals surface area contributed by atoms with Gasteiger partial charge in [-0.25, -0.2) is 9.59 Å². The van der Waals surface area contributed by atoms with E-state index >= 15 is 0 Å². The molecule has 6 atom stereocenters. The summed E-state index contributed by atoms with van der Waals surface area (Å²) in [4.78, 5) is 52.9. The molecule has 2 aromatic carbocycles. The molecular formula is C37H44ClN3O10. The summed E-state index contributed by atoms with van der Waals surface area (Å²) >= 11 is 6.72. The van der Waals surface area contributed by atoms with Crippen molar-refractivity contribution in [2.24, 2.45) is 0 Å². The molecule has 2 aromatic rings. The first-order chi connectivity index (χ1) is 24.1. The van der Waals surface area contributed by atoms with Crippen LogP contribution in [-0.2, 0) is 36.7 Å². The molecule has 2 saturated heterocycles. The Morgan fingerprint density at radius 1 is 1.18 bits per heavy atom. The van der Waals surface area contributed by atoms with Gasteiger partial charge in [0.2, 0.25) is 5.91 Å². The average Bonchev–Trinajstić information content (AvgIpc) is 3.74. The number of aliphatic hydroxyl groups is 1. The van der Waals surface area contributed by atoms with Gasteiger partial charge in [-0.2, -0.15) is 0 Å². The van der Waals surface area contributed by atoms with Gasteiger partial charge in [0, 0.05) is 39.1 Å². The molecule has 3 N–H and O–H groups in total. The minimum absolute atomic E-state index is 0.0273. The maximum atomic E-state index is 14.0. The Morgan fingerprint density at radius 3 is 2.57 bits per heavy atom. The molecule has 14 heteroatoms. The fourth-order valence-electron chi connectivity index (χ4n) is 6.45. The highest BCUT2D eigenvalue weighted by atomic mass is 35.5. The van der Waals surface area contributed by atoms with E-state index in [0.29, 0.717) is 23.4 Å². The van der Waals surface area contributed by atoms with Gasteiger partial charge in [0.25, 0.3) is 0 Å². The van der Waals surface area contributed by atoms with Crippen LogP contribution in [0.1, 0.15) is 61.5 Å². The number of allylic oxidation sites excluding steroid dienone is 3. The number of hydrogen-bond acceptors (Lipinski definition) is 10. The molecule has 274 valence electrons. The number of rotatable bonds is 6. The number of nitrogens with one attached hydrogen (secondary N) is 2. The van der Waals surface area contributed by atoms with Gasteiger partial charge in [-0.15, -0.1) is 0 Å². The molecule has 4 bridgehead atoms. The Morgan fingerprint density at radius 2 is 1.90 bits per heavy atom. The number of carbonyl (C=O) groups excluding carboxylic acids is 4. The molecule has 5 rings (SSSR count). The molecular weight excluding hydrogens is 682 g/mol. The highest BCUT2D eigenvalue weighted by molar-refractivity contribution is 6.35. The number of ketones is 1. The van der Waals surface area contributed by atoms with Crippen molar-refractivity contribution < 1.29 is 48.0 Å². The van der Waals surface area contributed by atoms with Gasteiger partial charge in [-0.3, -0.25) is 14.9 Å². The predicted octanol–water partition coefficient (Wildman–Crippen LogP) is 5.01. The maximum absolute atomic E-state index is 14.0. The number of fused-ring (bicyclic) bond motifs is 5. The van der Waals surface area contributed by atoms with E-state index in [1.54, 1.807) is 62.5 Å². The van der Waals surface area contributed by atoms with Crippen molar-refractivity contribution in [2.75, 3.05) is 26.2 Å². The molecule has 0 saturated carbocycles. The lowest BCUT2D eigenvalue weighted by atomic mass is 9.90. The first-order valence-electron chi connectivity index (χ1n) is 16.6. The lowest BCUT2D eigenvalue weighted by Gasteiger charge is -2.40. The topological polar surface area (TPSA) is 165 Å². The standard InChI is InChI=1S/C37H44ClN3O10/c1-21-8-7-9-29(48-6)37(46)19-26(49-35(45)40-37)17-31-36(3,51-31)30(50-34(44)39-20-23-10-12-25(13-11-23)22(2)42)18-32(43)41(4)27-15-24(14-21)16-28(47-5)33(27)38/h7-13,15-16,26,29-31,46H,14,17-20H2,1-6H3,(H,39,44)(H,40,45)/b9-7+,21-8+/t26-,29-,30+,31+,36+,37+/m1/s1. The molecule has 51 heavy (non-hydrogen) atoms. The van der Waals surface area contributed by atoms with Crippen molar-refractivity contribution in [1.29, 1.82) is 0 Å². The number of hydrogen-bond donors (Lipinski definition) is 3. The van der Waals surface area contributed by atoms with E-state index in [0.717, 1.165) is 16.7 Å². The second kappa shape index (κ2) is 15.4. The lowest BCUT2D eigenvalue weighted by Crippen LogP contribution is -2.62. The van der Waals surface area contributed by atoms with Gasteiger partial charge >= 0.3 is 12.2 Å². The number of benzene rings is 2. The molecule has 0 unspecified atom stereocenters. The molecule has 3 heterocycles. The van der Waals surface area contributed by atoms with E-state index in [-0.39, 0.29) is 36.6 Å². The van der Waals surface area contributed by atoms with Crippen LogP contribution in [0.5, 0.6) is 5.75 Å². The molecule has 3 aliphatic rings. The Labute approximate surface area is 301 Å². The summed E-state index contributed by atoms with van der Waals surface area (Å²) in [5.41, 5.74) is 0.483. The van der Waals surface area contributed by atoms with E-state index in [4.69, 9.17) is 35.3 Å². The van der Waals surface area contributed by atoms with Crippen molar-refractivity contribution in [1.82, 2.24) is 10.6 Å². The van der Waals surface area contributed by atoms with E-state index < -0.39 is 53.8 Å². The summed E-state index contributed by atoms with van der Waals surface area (Å²) in [6, 6.07) is 10.4. The summed E-state index contributed by atoms with van der Waals surface area (Å²) in [6.45, 7) is 5.21. The number of anilines is 1. The van der Waals surface area contributed by atoms with Gasteiger partial charge in [0.1, 0.15) is 34.7 Å². The lowest BCUT2D eigenvalue weighted by molar-refractivity contribution is -0.135. The van der Waals surface area contributed by atoms with Crippen molar-refractivity contribution in [2.45, 2.75) is 88.7 Å². The molecule has 3 amide bonds. The van der Waals surface area contributed by atoms with Crippen LogP contribution >= 0.6 is 11.6 Å². The van der Waals surface area contributed by atoms with Gasteiger partial charge in [-0.05, 0) is 50.5 Å². The zero-order valence-corrected chi connectivity index (χ0v) is 30.2. The van der Waals surface area contributed by atoms with E-state index in [1.165, 1.54) is 26.0 Å². The van der Waals surface area contributed by atoms with Crippen LogP contribution in [0.25, 0.3) is 0 Å². The molecule has 0 radical (unpaired) electrons. The van der Waals surface area contributed by atoms with Crippen molar-refractivity contribution >= 4 is 41.2 Å². The fraction of sp³-hybridized carbons (Fsp3) is 0.459. The SMILES string of the molecule is COc1cc2cc(c1Cl)N(C)C(=O)C[C@H](OC(=O)NCc1ccc(C(C)=O)cc1)[C@]1(C)O[C@H]1C[C@@H]1C[C@@](O)(NC(=O)O1)[C@H](OC)/C=C/C=C(\C)C2. The largest absolute Gasteiger partial charge is 0.495 e. The number of methoxy groups -OCH3 is 2. The number of nitrogens with zero attached hydrogens (tertiary/aromatic N) is 1. The molecule has 13 nitrogen and oxygen atoms in total. The number of Topliss-reactive ketones (excluding diaryl/α,β-unsaturated/α-hetero) is 1. The van der Waals surface area contributed by atoms with Crippen LogP contribution in [-0.4, -0.2) is 86.0 Å². The molecule has 0 aromatic heterocycles. The highest BCUT2D eigenvalue weighted by Gasteiger charge is 2.61. The summed E-state index contributed by atoms with van der Waals surface area (Å²) in [5, 5.41) is 17.0. The zero-order valence-electron chi connectivity index (χ0n) is 29.5. The molecule has 3 aliphatic heterocycles. The highest BCUT2D eigenvalue weighted by Crippen LogP contribution is 2.46. The number of epoxide rings is 1. The Hall–Kier alpha value is -4.43. The monoisotopic (exact) mass is 725 g/mol. The van der Waals surface area contributed by atoms with Crippen molar-refractivity contribution in [3.63, 3.8) is 0 Å². The Bertz CT molecular complexity index is 1730. The average molecular weight is 726 g/mol. The third kappa shape index (κ3) is 8.73. The van der Waals surface area contributed by atoms with Gasteiger partial charge in [0.05, 0.1) is 25.3 Å². The molecule has 2 fully saturated rings. The number of halogens is 1. The summed E-state index contributed by atoms with van der Waals surface area (Å²) in [7, 11) is 4.50. The van der Waals surface area contributed by atoms with Gasteiger partial charge < -0.3 is 39.0 Å². The fourth-order valence-corrected chi connectivity index (χ4v) is 6.77. The zero-order chi connectivity index (χ0) is 37.1. The minimum Gasteiger partial charge on any atom is -0.495 e. The second-order valence-electron chi connectivity index (χ2n) is 13.3. The Balaban J connectivity index is 1.46. The van der Waals surface area contributed by atoms with Gasteiger partial charge in [-0.1, -0.05) is 59.7 Å². The van der Waals surface area contributed by atoms with E-state index in [9.17, 15) is 24.3 Å². The number of carbonyl (C=O) groups is 4. The third-order valence-electron chi connectivity index (χ3n) is 9.54. The first-order valence-corrected chi connectivity index (χ1v) is 17.0. The maximum Gasteiger partial charge on any atom is 0.409 e. The van der Waals surface area contributed by atoms with Crippen molar-refractivity contribution in [3.8, 4) is 5.75 Å². The predicted molar refractivity (Wildman–Crippen MR) is 188 cm³/mol. The quantitative estimate of drug-likeness (QED) is 0.272. The number of alkyl carbamates (subject to hydrolysis) is 2. The smallest absolute Gasteiger partial charge is 0.409 e. The first kappa shape index (κ1) is 37.8. The number of amides is 3. The van der Waals surface area contributed by atoms with Crippen LogP contribution in [0.3, 0.4) is 0 Å². The minimum atomic E-state index is -1.79. The summed E-state index contributed by atoms with van der Waals surface area (Å²) < 4.78 is 28.7. The molecule has 0 aliphatic carbocycles. The summed E-state index contributed by atoms with van der Waals surface area (Å²) in [5.74, 6) is -0.109. The van der Waals surface area contributed by atoms with Crippen LogP contribution < -0.4 is 20.3 Å². The van der Waals surface area contributed by atoms with Crippen LogP contribution in [0, 0.1) is 0 Å². The van der Waals surface area contributed by atoms with E-state index in [2.05, 4.69) is 10.6 Å². The normalized spacial score (nSPS) is 29.7. The van der Waals surface area contributed by atoms with Crippen LogP contribution in [0.4, 0.5) is 15.3 Å². The second-order valence-corrected chi connectivity index (χ2v) is 13.7. The van der Waals surface area contributed by atoms with Crippen LogP contribution in [0.15, 0.2) is 60.2 Å². The Kier molecular flexibility index (Phi) is 11.4. The summed E-state index contributed by atoms with van der Waals surface area (Å²) in [6.07, 6.45) is 0.538. The van der Waals surface area contributed by atoms with E-state index in [1.807, 2.05) is 13.0 Å². The van der Waals surface area contributed by atoms with Crippen molar-refractivity contribution in [3.05, 3.63) is 81.9 Å². The molecule has 0 spiro atoms.